The van der Waals surface area contributed by atoms with Crippen molar-refractivity contribution in [1.82, 2.24) is 10.2 Å². The number of hydrogen-bond donors (Lipinski definition) is 2. The number of ether oxygens (including phenoxy) is 2. The summed E-state index contributed by atoms with van der Waals surface area (Å²) in [5, 5.41) is 6.17. The molecule has 0 unspecified atom stereocenters. The Hall–Kier alpha value is -3.65. The first-order valence-corrected chi connectivity index (χ1v) is 13.5. The molecule has 3 aliphatic heterocycles. The molecule has 2 aromatic carbocycles. The molecule has 8 nitrogen and oxygen atoms in total. The number of benzene rings is 2. The zero-order valence-corrected chi connectivity index (χ0v) is 21.5. The summed E-state index contributed by atoms with van der Waals surface area (Å²) in [6.45, 7) is 0.271. The van der Waals surface area contributed by atoms with Gasteiger partial charge < -0.3 is 25.0 Å². The van der Waals surface area contributed by atoms with Crippen molar-refractivity contribution in [2.45, 2.75) is 62.4 Å². The van der Waals surface area contributed by atoms with Gasteiger partial charge in [-0.1, -0.05) is 67.8 Å². The molecule has 8 heteroatoms. The molecular formula is C30H33N3O5. The van der Waals surface area contributed by atoms with Gasteiger partial charge >= 0.3 is 0 Å². The van der Waals surface area contributed by atoms with Gasteiger partial charge in [-0.15, -0.1) is 0 Å². The van der Waals surface area contributed by atoms with E-state index in [-0.39, 0.29) is 30.3 Å². The molecule has 5 atom stereocenters. The average molecular weight is 516 g/mol. The van der Waals surface area contributed by atoms with Crippen molar-refractivity contribution in [3.8, 4) is 5.75 Å². The van der Waals surface area contributed by atoms with Crippen molar-refractivity contribution < 1.29 is 23.9 Å². The van der Waals surface area contributed by atoms with Crippen LogP contribution in [0.2, 0.25) is 0 Å². The lowest BCUT2D eigenvalue weighted by Crippen LogP contribution is -2.56. The van der Waals surface area contributed by atoms with Gasteiger partial charge in [-0.05, 0) is 30.5 Å². The van der Waals surface area contributed by atoms with Crippen molar-refractivity contribution in [1.29, 1.82) is 0 Å². The summed E-state index contributed by atoms with van der Waals surface area (Å²) in [5.74, 6) is -1.65. The second-order valence-corrected chi connectivity index (χ2v) is 10.7. The minimum Gasteiger partial charge on any atom is -0.497 e. The van der Waals surface area contributed by atoms with E-state index in [0.717, 1.165) is 31.2 Å². The number of hydrogen-bond acceptors (Lipinski definition) is 5. The van der Waals surface area contributed by atoms with Gasteiger partial charge in [0.15, 0.2) is 0 Å². The van der Waals surface area contributed by atoms with E-state index in [9.17, 15) is 14.4 Å². The Morgan fingerprint density at radius 1 is 1.05 bits per heavy atom. The summed E-state index contributed by atoms with van der Waals surface area (Å²) in [4.78, 5) is 43.2. The van der Waals surface area contributed by atoms with Crippen LogP contribution in [-0.4, -0.2) is 53.5 Å². The van der Waals surface area contributed by atoms with Crippen LogP contribution >= 0.6 is 0 Å². The molecule has 1 spiro atoms. The standard InChI is InChI=1S/C30H33N3O5/c1-37-22-14-8-13-21(17-22)32-27(34)24-23-15-16-30(38-23)25(24)29(36)33(18-19-9-4-2-5-10-19)26(30)28(35)31-20-11-6-3-7-12-20/h2,4-5,8-10,13-17,20,23-26H,3,6-7,11-12,18H2,1H3,(H,31,35)(H,32,34)/t23-,24-,25-,26-,30-/m0/s1. The molecule has 2 aromatic rings. The zero-order chi connectivity index (χ0) is 26.3. The SMILES string of the molecule is COc1cccc(NC(=O)[C@H]2[C@@H]3C=C[C@]4(O3)[C@@H]2C(=O)N(Cc2ccccc2)[C@H]4C(=O)NC2CCCCC2)c1. The molecule has 3 heterocycles. The molecule has 38 heavy (non-hydrogen) atoms. The number of carbonyl (C=O) groups is 3. The molecule has 198 valence electrons. The fraction of sp³-hybridized carbons (Fsp3) is 0.433. The number of carbonyl (C=O) groups excluding carboxylic acids is 3. The van der Waals surface area contributed by atoms with E-state index in [0.29, 0.717) is 11.4 Å². The number of rotatable bonds is 7. The molecule has 3 fully saturated rings. The van der Waals surface area contributed by atoms with Crippen LogP contribution in [0, 0.1) is 11.8 Å². The molecule has 1 saturated carbocycles. The van der Waals surface area contributed by atoms with Crippen LogP contribution in [0.15, 0.2) is 66.7 Å². The van der Waals surface area contributed by atoms with Gasteiger partial charge in [0.05, 0.1) is 25.0 Å². The smallest absolute Gasteiger partial charge is 0.246 e. The predicted octanol–water partition coefficient (Wildman–Crippen LogP) is 3.43. The van der Waals surface area contributed by atoms with Crippen molar-refractivity contribution >= 4 is 23.4 Å². The van der Waals surface area contributed by atoms with Crippen LogP contribution in [0.4, 0.5) is 5.69 Å². The normalized spacial score (nSPS) is 29.8. The number of nitrogens with one attached hydrogen (secondary N) is 2. The topological polar surface area (TPSA) is 97.0 Å². The molecule has 0 radical (unpaired) electrons. The van der Waals surface area contributed by atoms with Crippen LogP contribution in [-0.2, 0) is 25.7 Å². The highest BCUT2D eigenvalue weighted by atomic mass is 16.5. The maximum Gasteiger partial charge on any atom is 0.246 e. The van der Waals surface area contributed by atoms with E-state index >= 15 is 0 Å². The van der Waals surface area contributed by atoms with E-state index in [1.807, 2.05) is 42.5 Å². The first-order valence-electron chi connectivity index (χ1n) is 13.5. The second-order valence-electron chi connectivity index (χ2n) is 10.7. The summed E-state index contributed by atoms with van der Waals surface area (Å²) in [5.41, 5.74) is 0.322. The fourth-order valence-electron chi connectivity index (χ4n) is 6.67. The summed E-state index contributed by atoms with van der Waals surface area (Å²) >= 11 is 0. The van der Waals surface area contributed by atoms with E-state index in [1.54, 1.807) is 36.3 Å². The van der Waals surface area contributed by atoms with Crippen LogP contribution in [0.3, 0.4) is 0 Å². The Balaban J connectivity index is 1.31. The number of fused-ring (bicyclic) bond motifs is 1. The highest BCUT2D eigenvalue weighted by Crippen LogP contribution is 2.55. The van der Waals surface area contributed by atoms with Crippen molar-refractivity contribution in [3.05, 3.63) is 72.3 Å². The predicted molar refractivity (Wildman–Crippen MR) is 141 cm³/mol. The molecule has 0 aromatic heterocycles. The maximum absolute atomic E-state index is 14.1. The first kappa shape index (κ1) is 24.7. The van der Waals surface area contributed by atoms with E-state index in [4.69, 9.17) is 9.47 Å². The van der Waals surface area contributed by atoms with E-state index < -0.39 is 29.6 Å². The molecule has 2 bridgehead atoms. The van der Waals surface area contributed by atoms with Crippen molar-refractivity contribution in [2.24, 2.45) is 11.8 Å². The Labute approximate surface area is 222 Å². The van der Waals surface area contributed by atoms with Crippen LogP contribution in [0.5, 0.6) is 5.75 Å². The molecule has 6 rings (SSSR count). The van der Waals surface area contributed by atoms with Crippen LogP contribution < -0.4 is 15.4 Å². The lowest BCUT2D eigenvalue weighted by atomic mass is 9.74. The quantitative estimate of drug-likeness (QED) is 0.551. The van der Waals surface area contributed by atoms with Crippen LogP contribution in [0.1, 0.15) is 37.7 Å². The van der Waals surface area contributed by atoms with Gasteiger partial charge in [0.2, 0.25) is 17.7 Å². The van der Waals surface area contributed by atoms with E-state index in [1.165, 1.54) is 6.42 Å². The fourth-order valence-corrected chi connectivity index (χ4v) is 6.67. The third-order valence-corrected chi connectivity index (χ3v) is 8.41. The maximum atomic E-state index is 14.1. The summed E-state index contributed by atoms with van der Waals surface area (Å²) in [7, 11) is 1.57. The Morgan fingerprint density at radius 2 is 1.84 bits per heavy atom. The Morgan fingerprint density at radius 3 is 2.61 bits per heavy atom. The van der Waals surface area contributed by atoms with Crippen molar-refractivity contribution in [3.63, 3.8) is 0 Å². The largest absolute Gasteiger partial charge is 0.497 e. The van der Waals surface area contributed by atoms with Gasteiger partial charge in [0.25, 0.3) is 0 Å². The summed E-state index contributed by atoms with van der Waals surface area (Å²) < 4.78 is 11.7. The Bertz CT molecular complexity index is 1260. The molecule has 4 aliphatic rings. The van der Waals surface area contributed by atoms with E-state index in [2.05, 4.69) is 10.6 Å². The summed E-state index contributed by atoms with van der Waals surface area (Å²) in [6, 6.07) is 16.0. The third-order valence-electron chi connectivity index (χ3n) is 8.41. The zero-order valence-electron chi connectivity index (χ0n) is 21.5. The Kier molecular flexibility index (Phi) is 6.43. The van der Waals surface area contributed by atoms with Gasteiger partial charge in [0.1, 0.15) is 17.4 Å². The van der Waals surface area contributed by atoms with Gasteiger partial charge in [-0.2, -0.15) is 0 Å². The minimum atomic E-state index is -1.17. The highest BCUT2D eigenvalue weighted by molar-refractivity contribution is 6.02. The van der Waals surface area contributed by atoms with Gasteiger partial charge in [-0.3, -0.25) is 14.4 Å². The van der Waals surface area contributed by atoms with Gasteiger partial charge in [0, 0.05) is 24.3 Å². The number of anilines is 1. The lowest BCUT2D eigenvalue weighted by Gasteiger charge is -2.34. The number of methoxy groups -OCH3 is 1. The third kappa shape index (κ3) is 4.17. The van der Waals surface area contributed by atoms with Crippen molar-refractivity contribution in [2.75, 3.05) is 12.4 Å². The summed E-state index contributed by atoms with van der Waals surface area (Å²) in [6.07, 6.45) is 8.34. The average Bonchev–Trinajstić information content (AvgIpc) is 3.57. The number of nitrogens with zero attached hydrogens (tertiary/aromatic N) is 1. The molecular weight excluding hydrogens is 482 g/mol. The molecule has 2 N–H and O–H groups in total. The second kappa shape index (κ2) is 9.91. The highest BCUT2D eigenvalue weighted by Gasteiger charge is 2.72. The molecule has 1 aliphatic carbocycles. The number of likely N-dealkylation sites (tertiary alicyclic amines) is 1. The number of amides is 3. The first-order chi connectivity index (χ1) is 18.5. The minimum absolute atomic E-state index is 0.0927. The van der Waals surface area contributed by atoms with Gasteiger partial charge in [-0.25, -0.2) is 0 Å². The lowest BCUT2D eigenvalue weighted by molar-refractivity contribution is -0.142. The molecule has 3 amide bonds. The molecule has 2 saturated heterocycles. The monoisotopic (exact) mass is 515 g/mol. The van der Waals surface area contributed by atoms with Crippen LogP contribution in [0.25, 0.3) is 0 Å².